The van der Waals surface area contributed by atoms with Gasteiger partial charge in [-0.1, -0.05) is 23.7 Å². The number of methoxy groups -OCH3 is 2. The molecule has 0 atom stereocenters. The minimum absolute atomic E-state index is 0.208. The predicted octanol–water partition coefficient (Wildman–Crippen LogP) is 4.65. The molecule has 5 nitrogen and oxygen atoms in total. The Labute approximate surface area is 177 Å². The Kier molecular flexibility index (Phi) is 7.55. The smallest absolute Gasteiger partial charge is 0.248 e. The number of amides is 1. The lowest BCUT2D eigenvalue weighted by atomic mass is 10.1. The lowest BCUT2D eigenvalue weighted by Gasteiger charge is -2.14. The van der Waals surface area contributed by atoms with E-state index in [1.807, 2.05) is 12.1 Å². The van der Waals surface area contributed by atoms with Gasteiger partial charge in [0.1, 0.15) is 0 Å². The number of benzene rings is 2. The first-order chi connectivity index (χ1) is 14.1. The third-order valence-corrected chi connectivity index (χ3v) is 5.30. The van der Waals surface area contributed by atoms with E-state index in [1.165, 1.54) is 44.7 Å². The molecule has 0 aliphatic carbocycles. The molecular weight excluding hydrogens is 388 g/mol. The van der Waals surface area contributed by atoms with E-state index < -0.39 is 0 Å². The highest BCUT2D eigenvalue weighted by atomic mass is 35.5. The molecule has 154 valence electrons. The molecule has 1 amide bonds. The summed E-state index contributed by atoms with van der Waals surface area (Å²) in [6, 6.07) is 11.5. The summed E-state index contributed by atoms with van der Waals surface area (Å²) in [5.74, 6) is 0.783. The van der Waals surface area contributed by atoms with Crippen LogP contribution in [0.1, 0.15) is 24.0 Å². The van der Waals surface area contributed by atoms with E-state index >= 15 is 0 Å². The van der Waals surface area contributed by atoms with Crippen LogP contribution in [0.2, 0.25) is 5.02 Å². The third-order valence-electron chi connectivity index (χ3n) is 5.02. The Morgan fingerprint density at radius 3 is 2.52 bits per heavy atom. The highest BCUT2D eigenvalue weighted by Gasteiger charge is 2.11. The summed E-state index contributed by atoms with van der Waals surface area (Å²) in [6.07, 6.45) is 6.82. The number of nitrogens with zero attached hydrogens (tertiary/aromatic N) is 1. The van der Waals surface area contributed by atoms with Crippen molar-refractivity contribution >= 4 is 29.3 Å². The molecule has 1 N–H and O–H groups in total. The molecule has 6 heteroatoms. The van der Waals surface area contributed by atoms with Gasteiger partial charge in [0.25, 0.3) is 0 Å². The normalized spacial score (nSPS) is 14.3. The number of rotatable bonds is 8. The average molecular weight is 415 g/mol. The molecule has 2 aromatic carbocycles. The Balaban J connectivity index is 1.55. The Morgan fingerprint density at radius 1 is 1.14 bits per heavy atom. The SMILES string of the molecule is COc1cc(/C=C/C(=O)Nc2ccc(CCN3CCCC3)cc2)cc(Cl)c1OC. The molecule has 2 aromatic rings. The number of likely N-dealkylation sites (tertiary alicyclic amines) is 1. The van der Waals surface area contributed by atoms with Gasteiger partial charge in [-0.2, -0.15) is 0 Å². The topological polar surface area (TPSA) is 50.8 Å². The number of hydrogen-bond acceptors (Lipinski definition) is 4. The van der Waals surface area contributed by atoms with Crippen molar-refractivity contribution in [1.29, 1.82) is 0 Å². The zero-order valence-corrected chi connectivity index (χ0v) is 17.7. The van der Waals surface area contributed by atoms with Crippen molar-refractivity contribution in [3.05, 3.63) is 58.6 Å². The van der Waals surface area contributed by atoms with Gasteiger partial charge in [-0.3, -0.25) is 4.79 Å². The van der Waals surface area contributed by atoms with E-state index in [2.05, 4.69) is 22.3 Å². The van der Waals surface area contributed by atoms with Gasteiger partial charge in [-0.05, 0) is 73.8 Å². The number of halogens is 1. The van der Waals surface area contributed by atoms with Gasteiger partial charge >= 0.3 is 0 Å². The molecule has 0 unspecified atom stereocenters. The van der Waals surface area contributed by atoms with E-state index in [-0.39, 0.29) is 5.91 Å². The van der Waals surface area contributed by atoms with Gasteiger partial charge in [0, 0.05) is 18.3 Å². The van der Waals surface area contributed by atoms with Crippen LogP contribution >= 0.6 is 11.6 Å². The maximum absolute atomic E-state index is 12.2. The highest BCUT2D eigenvalue weighted by Crippen LogP contribution is 2.36. The van der Waals surface area contributed by atoms with Gasteiger partial charge in [0.2, 0.25) is 5.91 Å². The minimum atomic E-state index is -0.208. The van der Waals surface area contributed by atoms with Crippen molar-refractivity contribution in [3.63, 3.8) is 0 Å². The van der Waals surface area contributed by atoms with E-state index in [1.54, 1.807) is 25.3 Å². The van der Waals surface area contributed by atoms with Crippen LogP contribution in [0.15, 0.2) is 42.5 Å². The molecule has 1 aliphatic rings. The molecule has 3 rings (SSSR count). The van der Waals surface area contributed by atoms with Crippen LogP contribution in [0.4, 0.5) is 5.69 Å². The van der Waals surface area contributed by atoms with Crippen molar-refractivity contribution in [2.45, 2.75) is 19.3 Å². The van der Waals surface area contributed by atoms with Crippen LogP contribution in [-0.2, 0) is 11.2 Å². The highest BCUT2D eigenvalue weighted by molar-refractivity contribution is 6.32. The van der Waals surface area contributed by atoms with Crippen molar-refractivity contribution < 1.29 is 14.3 Å². The third kappa shape index (κ3) is 5.99. The molecule has 0 aromatic heterocycles. The number of ether oxygens (including phenoxy) is 2. The van der Waals surface area contributed by atoms with Gasteiger partial charge in [0.05, 0.1) is 19.2 Å². The van der Waals surface area contributed by atoms with E-state index in [0.717, 1.165) is 24.2 Å². The van der Waals surface area contributed by atoms with Gasteiger partial charge in [-0.25, -0.2) is 0 Å². The molecule has 0 spiro atoms. The quantitative estimate of drug-likeness (QED) is 0.639. The van der Waals surface area contributed by atoms with Crippen LogP contribution in [0.25, 0.3) is 6.08 Å². The summed E-state index contributed by atoms with van der Waals surface area (Å²) in [6.45, 7) is 3.53. The first-order valence-corrected chi connectivity index (χ1v) is 10.2. The fourth-order valence-corrected chi connectivity index (χ4v) is 3.73. The fraction of sp³-hybridized carbons (Fsp3) is 0.348. The van der Waals surface area contributed by atoms with Crippen molar-refractivity contribution in [2.24, 2.45) is 0 Å². The lowest BCUT2D eigenvalue weighted by Crippen LogP contribution is -2.21. The second-order valence-corrected chi connectivity index (χ2v) is 7.46. The zero-order valence-electron chi connectivity index (χ0n) is 16.9. The lowest BCUT2D eigenvalue weighted by molar-refractivity contribution is -0.111. The molecular formula is C23H27ClN2O3. The van der Waals surface area contributed by atoms with Gasteiger partial charge < -0.3 is 19.7 Å². The van der Waals surface area contributed by atoms with Crippen molar-refractivity contribution in [2.75, 3.05) is 39.2 Å². The second kappa shape index (κ2) is 10.3. The molecule has 1 aliphatic heterocycles. The van der Waals surface area contributed by atoms with E-state index in [9.17, 15) is 4.79 Å². The molecule has 0 saturated carbocycles. The number of nitrogens with one attached hydrogen (secondary N) is 1. The number of anilines is 1. The molecule has 29 heavy (non-hydrogen) atoms. The Hall–Kier alpha value is -2.50. The first kappa shape index (κ1) is 21.2. The van der Waals surface area contributed by atoms with Crippen molar-refractivity contribution in [1.82, 2.24) is 4.90 Å². The van der Waals surface area contributed by atoms with Gasteiger partial charge in [-0.15, -0.1) is 0 Å². The monoisotopic (exact) mass is 414 g/mol. The van der Waals surface area contributed by atoms with Crippen molar-refractivity contribution in [3.8, 4) is 11.5 Å². The number of carbonyl (C=O) groups is 1. The molecule has 0 radical (unpaired) electrons. The summed E-state index contributed by atoms with van der Waals surface area (Å²) in [4.78, 5) is 14.7. The summed E-state index contributed by atoms with van der Waals surface area (Å²) in [7, 11) is 3.08. The minimum Gasteiger partial charge on any atom is -0.493 e. The maximum Gasteiger partial charge on any atom is 0.248 e. The van der Waals surface area contributed by atoms with Crippen LogP contribution < -0.4 is 14.8 Å². The van der Waals surface area contributed by atoms with Crippen LogP contribution in [0.3, 0.4) is 0 Å². The number of hydrogen-bond donors (Lipinski definition) is 1. The van der Waals surface area contributed by atoms with Gasteiger partial charge in [0.15, 0.2) is 11.5 Å². The van der Waals surface area contributed by atoms with Crippen LogP contribution in [0.5, 0.6) is 11.5 Å². The summed E-state index contributed by atoms with van der Waals surface area (Å²) < 4.78 is 10.5. The van der Waals surface area contributed by atoms with E-state index in [0.29, 0.717) is 16.5 Å². The summed E-state index contributed by atoms with van der Waals surface area (Å²) in [5, 5.41) is 3.30. The Bertz CT molecular complexity index is 859. The fourth-order valence-electron chi connectivity index (χ4n) is 3.44. The average Bonchev–Trinajstić information content (AvgIpc) is 3.25. The first-order valence-electron chi connectivity index (χ1n) is 9.81. The maximum atomic E-state index is 12.2. The second-order valence-electron chi connectivity index (χ2n) is 7.06. The standard InChI is InChI=1S/C23H27ClN2O3/c1-28-21-16-18(15-20(24)23(21)29-2)7-10-22(27)25-19-8-5-17(6-9-19)11-14-26-12-3-4-13-26/h5-10,15-16H,3-4,11-14H2,1-2H3,(H,25,27)/b10-7+. The van der Waals surface area contributed by atoms with Crippen LogP contribution in [0, 0.1) is 0 Å². The molecule has 0 bridgehead atoms. The Morgan fingerprint density at radius 2 is 1.86 bits per heavy atom. The zero-order chi connectivity index (χ0) is 20.6. The summed E-state index contributed by atoms with van der Waals surface area (Å²) in [5.41, 5.74) is 2.81. The number of carbonyl (C=O) groups excluding carboxylic acids is 1. The van der Waals surface area contributed by atoms with E-state index in [4.69, 9.17) is 21.1 Å². The molecule has 1 heterocycles. The van der Waals surface area contributed by atoms with Crippen LogP contribution in [-0.4, -0.2) is 44.7 Å². The summed E-state index contributed by atoms with van der Waals surface area (Å²) >= 11 is 6.20. The predicted molar refractivity (Wildman–Crippen MR) is 118 cm³/mol. The largest absolute Gasteiger partial charge is 0.493 e. The molecule has 1 fully saturated rings. The molecule has 1 saturated heterocycles.